The monoisotopic (exact) mass is 520 g/mol. The van der Waals surface area contributed by atoms with Crippen molar-refractivity contribution in [3.63, 3.8) is 0 Å². The standard InChI is InChI=1S/C35H52O3/c1-22(2)23(3)12-13-24(4)30-21-31-35(38-31)29-15-14-26-20-27(37-32(36)25-10-8-7-9-11-25)16-18-33(26,5)28(29)17-19-34(30,35)6/h7-11,22-24,26-31H,12-21H2,1-6H3/t23-,24+,26-,27+,28-,29+,30-,31-,33-,34+,35-/m0/s1. The maximum atomic E-state index is 12.8. The maximum absolute atomic E-state index is 12.8. The van der Waals surface area contributed by atoms with Crippen molar-refractivity contribution in [2.24, 2.45) is 52.3 Å². The van der Waals surface area contributed by atoms with E-state index < -0.39 is 0 Å². The van der Waals surface area contributed by atoms with E-state index in [0.717, 1.165) is 48.3 Å². The average molecular weight is 521 g/mol. The number of hydrogen-bond donors (Lipinski definition) is 0. The minimum Gasteiger partial charge on any atom is -0.459 e. The molecule has 38 heavy (non-hydrogen) atoms. The molecule has 6 rings (SSSR count). The molecule has 1 aromatic rings. The van der Waals surface area contributed by atoms with E-state index in [9.17, 15) is 4.79 Å². The van der Waals surface area contributed by atoms with Crippen LogP contribution in [0.5, 0.6) is 0 Å². The van der Waals surface area contributed by atoms with Crippen LogP contribution in [0.2, 0.25) is 0 Å². The van der Waals surface area contributed by atoms with Crippen molar-refractivity contribution in [2.75, 3.05) is 0 Å². The average Bonchev–Trinajstić information content (AvgIpc) is 3.57. The summed E-state index contributed by atoms with van der Waals surface area (Å²) in [5.74, 6) is 5.23. The second kappa shape index (κ2) is 9.64. The lowest BCUT2D eigenvalue weighted by Gasteiger charge is -2.61. The van der Waals surface area contributed by atoms with Crippen molar-refractivity contribution in [3.8, 4) is 0 Å². The Balaban J connectivity index is 1.13. The van der Waals surface area contributed by atoms with E-state index in [4.69, 9.17) is 9.47 Å². The predicted octanol–water partition coefficient (Wildman–Crippen LogP) is 8.71. The summed E-state index contributed by atoms with van der Waals surface area (Å²) in [5, 5.41) is 0. The molecule has 0 N–H and O–H groups in total. The summed E-state index contributed by atoms with van der Waals surface area (Å²) < 4.78 is 12.9. The topological polar surface area (TPSA) is 38.8 Å². The molecule has 0 aromatic heterocycles. The summed E-state index contributed by atoms with van der Waals surface area (Å²) in [5.41, 5.74) is 1.55. The summed E-state index contributed by atoms with van der Waals surface area (Å²) in [6, 6.07) is 9.52. The van der Waals surface area contributed by atoms with Crippen molar-refractivity contribution in [2.45, 2.75) is 124 Å². The maximum Gasteiger partial charge on any atom is 0.338 e. The van der Waals surface area contributed by atoms with E-state index in [2.05, 4.69) is 41.5 Å². The van der Waals surface area contributed by atoms with E-state index in [1.807, 2.05) is 30.3 Å². The van der Waals surface area contributed by atoms with Gasteiger partial charge in [0.1, 0.15) is 11.7 Å². The molecule has 0 unspecified atom stereocenters. The Kier molecular flexibility index (Phi) is 6.81. The minimum atomic E-state index is -0.150. The van der Waals surface area contributed by atoms with Crippen molar-refractivity contribution in [1.82, 2.24) is 0 Å². The van der Waals surface area contributed by atoms with Gasteiger partial charge >= 0.3 is 5.97 Å². The van der Waals surface area contributed by atoms with Crippen LogP contribution < -0.4 is 0 Å². The number of carbonyl (C=O) groups is 1. The highest BCUT2D eigenvalue weighted by atomic mass is 16.6. The normalized spacial score (nSPS) is 44.8. The van der Waals surface area contributed by atoms with Crippen LogP contribution in [-0.4, -0.2) is 23.8 Å². The van der Waals surface area contributed by atoms with Crippen molar-refractivity contribution in [1.29, 1.82) is 0 Å². The van der Waals surface area contributed by atoms with Crippen LogP contribution in [0.15, 0.2) is 30.3 Å². The van der Waals surface area contributed by atoms with E-state index in [0.29, 0.717) is 28.4 Å². The quantitative estimate of drug-likeness (QED) is 0.266. The Morgan fingerprint density at radius 2 is 1.71 bits per heavy atom. The van der Waals surface area contributed by atoms with Gasteiger partial charge in [-0.15, -0.1) is 0 Å². The lowest BCUT2D eigenvalue weighted by Crippen LogP contribution is -2.59. The van der Waals surface area contributed by atoms with Gasteiger partial charge in [0.05, 0.1) is 11.7 Å². The molecule has 1 heterocycles. The molecular weight excluding hydrogens is 468 g/mol. The van der Waals surface area contributed by atoms with Crippen molar-refractivity contribution in [3.05, 3.63) is 35.9 Å². The van der Waals surface area contributed by atoms with E-state index in [-0.39, 0.29) is 17.7 Å². The summed E-state index contributed by atoms with van der Waals surface area (Å²) in [7, 11) is 0. The largest absolute Gasteiger partial charge is 0.459 e. The van der Waals surface area contributed by atoms with Crippen LogP contribution in [-0.2, 0) is 9.47 Å². The molecule has 1 aromatic carbocycles. The fourth-order valence-corrected chi connectivity index (χ4v) is 10.5. The molecule has 11 atom stereocenters. The first-order chi connectivity index (χ1) is 18.1. The van der Waals surface area contributed by atoms with E-state index in [1.165, 1.54) is 51.4 Å². The molecule has 0 bridgehead atoms. The number of fused-ring (bicyclic) bond motifs is 3. The Labute approximate surface area is 231 Å². The third-order valence-corrected chi connectivity index (χ3v) is 13.3. The Morgan fingerprint density at radius 1 is 0.947 bits per heavy atom. The van der Waals surface area contributed by atoms with Gasteiger partial charge in [-0.2, -0.15) is 0 Å². The highest BCUT2D eigenvalue weighted by Crippen LogP contribution is 2.77. The lowest BCUT2D eigenvalue weighted by molar-refractivity contribution is -0.150. The molecule has 4 saturated carbocycles. The van der Waals surface area contributed by atoms with Gasteiger partial charge < -0.3 is 9.47 Å². The second-order valence-electron chi connectivity index (χ2n) is 15.1. The molecule has 5 fully saturated rings. The molecule has 4 aliphatic carbocycles. The third-order valence-electron chi connectivity index (χ3n) is 13.3. The van der Waals surface area contributed by atoms with E-state index >= 15 is 0 Å². The predicted molar refractivity (Wildman–Crippen MR) is 153 cm³/mol. The van der Waals surface area contributed by atoms with Crippen LogP contribution in [0.3, 0.4) is 0 Å². The van der Waals surface area contributed by atoms with Gasteiger partial charge in [0, 0.05) is 5.41 Å². The fourth-order valence-electron chi connectivity index (χ4n) is 10.5. The van der Waals surface area contributed by atoms with Gasteiger partial charge in [0.2, 0.25) is 0 Å². The molecule has 1 saturated heterocycles. The summed E-state index contributed by atoms with van der Waals surface area (Å²) >= 11 is 0. The van der Waals surface area contributed by atoms with Crippen LogP contribution in [0.25, 0.3) is 0 Å². The highest BCUT2D eigenvalue weighted by Gasteiger charge is 2.80. The fraction of sp³-hybridized carbons (Fsp3) is 0.800. The molecule has 3 heteroatoms. The molecule has 1 spiro atoms. The third kappa shape index (κ3) is 4.03. The Morgan fingerprint density at radius 3 is 2.45 bits per heavy atom. The number of esters is 1. The van der Waals surface area contributed by atoms with Crippen molar-refractivity contribution >= 4 is 5.97 Å². The summed E-state index contributed by atoms with van der Waals surface area (Å²) in [6.45, 7) is 15.0. The molecule has 0 amide bonds. The highest BCUT2D eigenvalue weighted by molar-refractivity contribution is 5.89. The molecule has 5 aliphatic rings. The van der Waals surface area contributed by atoms with Gasteiger partial charge in [0.15, 0.2) is 0 Å². The number of carbonyl (C=O) groups excluding carboxylic acids is 1. The molecule has 3 nitrogen and oxygen atoms in total. The second-order valence-corrected chi connectivity index (χ2v) is 15.1. The zero-order chi connectivity index (χ0) is 26.9. The lowest BCUT2D eigenvalue weighted by atomic mass is 9.44. The van der Waals surface area contributed by atoms with Gasteiger partial charge in [-0.1, -0.05) is 72.6 Å². The molecule has 1 aliphatic heterocycles. The first-order valence-corrected chi connectivity index (χ1v) is 16.0. The molecular formula is C35H52O3. The van der Waals surface area contributed by atoms with Crippen LogP contribution in [0.1, 0.15) is 116 Å². The zero-order valence-corrected chi connectivity index (χ0v) is 24.9. The zero-order valence-electron chi connectivity index (χ0n) is 24.9. The first kappa shape index (κ1) is 26.9. The number of epoxide rings is 1. The summed E-state index contributed by atoms with van der Waals surface area (Å²) in [4.78, 5) is 12.8. The number of rotatable bonds is 7. The van der Waals surface area contributed by atoms with Crippen molar-refractivity contribution < 1.29 is 14.3 Å². The van der Waals surface area contributed by atoms with Crippen LogP contribution >= 0.6 is 0 Å². The Hall–Kier alpha value is -1.35. The van der Waals surface area contributed by atoms with Gasteiger partial charge in [-0.25, -0.2) is 4.79 Å². The molecule has 0 radical (unpaired) electrons. The smallest absolute Gasteiger partial charge is 0.338 e. The number of ether oxygens (including phenoxy) is 2. The first-order valence-electron chi connectivity index (χ1n) is 16.0. The van der Waals surface area contributed by atoms with Crippen LogP contribution in [0.4, 0.5) is 0 Å². The van der Waals surface area contributed by atoms with E-state index in [1.54, 1.807) is 0 Å². The van der Waals surface area contributed by atoms with Crippen LogP contribution in [0, 0.1) is 52.3 Å². The Bertz CT molecular complexity index is 1020. The summed E-state index contributed by atoms with van der Waals surface area (Å²) in [6.07, 6.45) is 13.2. The minimum absolute atomic E-state index is 0.0687. The SMILES string of the molecule is CC(C)[C@@H](C)CC[C@@H](C)[C@@H]1C[C@@H]2O[C@@]23[C@@H]2CC[C@H]4C[C@H](OC(=O)c5ccccc5)CC[C@]4(C)[C@H]2CC[C@]13C. The van der Waals surface area contributed by atoms with Gasteiger partial charge in [-0.3, -0.25) is 0 Å². The number of hydrogen-bond acceptors (Lipinski definition) is 3. The number of benzene rings is 1. The van der Waals surface area contributed by atoms with Gasteiger partial charge in [0.25, 0.3) is 0 Å². The van der Waals surface area contributed by atoms with Gasteiger partial charge in [-0.05, 0) is 110 Å². The molecule has 210 valence electrons.